The number of hydrogen-bond donors (Lipinski definition) is 2. The Kier molecular flexibility index (Phi) is 5.70. The molecule has 1 aromatic carbocycles. The average Bonchev–Trinajstić information content (AvgIpc) is 2.94. The van der Waals surface area contributed by atoms with Crippen molar-refractivity contribution in [3.05, 3.63) is 28.8 Å². The Labute approximate surface area is 185 Å². The molecule has 31 heavy (non-hydrogen) atoms. The molecule has 0 aliphatic heterocycles. The number of nitrogens with two attached hydrogens (primary N) is 2. The van der Waals surface area contributed by atoms with E-state index >= 15 is 0 Å². The summed E-state index contributed by atoms with van der Waals surface area (Å²) in [6.45, 7) is 6.15. The zero-order valence-electron chi connectivity index (χ0n) is 18.2. The summed E-state index contributed by atoms with van der Waals surface area (Å²) < 4.78 is 56.7. The molecule has 3 aliphatic carbocycles. The van der Waals surface area contributed by atoms with Gasteiger partial charge in [0, 0.05) is 0 Å². The summed E-state index contributed by atoms with van der Waals surface area (Å²) in [6.07, 6.45) is 4.85. The third-order valence-corrected chi connectivity index (χ3v) is 8.76. The molecule has 0 unspecified atom stereocenters. The van der Waals surface area contributed by atoms with E-state index in [0.717, 1.165) is 43.2 Å². The van der Waals surface area contributed by atoms with Crippen LogP contribution in [0, 0.1) is 17.3 Å². The van der Waals surface area contributed by atoms with Gasteiger partial charge in [0.25, 0.3) is 0 Å². The SMILES string of the molecule is CC(C)c1cc2c(cc1OS(N)(=O)=O)CC[C@@H]1[C@@H]2CC[C@]2(C)[C@@H](OS(N)(=O)=O)CC[C@@H]12. The summed E-state index contributed by atoms with van der Waals surface area (Å²) in [5.41, 5.74) is 3.01. The first-order valence-corrected chi connectivity index (χ1v) is 13.8. The second kappa shape index (κ2) is 7.69. The van der Waals surface area contributed by atoms with Crippen molar-refractivity contribution in [2.24, 2.45) is 27.5 Å². The van der Waals surface area contributed by atoms with Crippen LogP contribution in [0.1, 0.15) is 81.4 Å². The van der Waals surface area contributed by atoms with Crippen molar-refractivity contribution in [3.8, 4) is 5.75 Å². The van der Waals surface area contributed by atoms with Crippen LogP contribution in [0.15, 0.2) is 12.1 Å². The lowest BCUT2D eigenvalue weighted by molar-refractivity contribution is -0.00803. The molecule has 0 amide bonds. The number of aryl methyl sites for hydroxylation is 1. The minimum absolute atomic E-state index is 0.0790. The topological polar surface area (TPSA) is 139 Å². The molecule has 4 N–H and O–H groups in total. The maximum atomic E-state index is 11.6. The van der Waals surface area contributed by atoms with Crippen LogP contribution >= 0.6 is 0 Å². The molecule has 10 heteroatoms. The molecular formula is C21H32N2O6S2. The van der Waals surface area contributed by atoms with E-state index in [0.29, 0.717) is 29.9 Å². The van der Waals surface area contributed by atoms with Crippen LogP contribution < -0.4 is 14.5 Å². The van der Waals surface area contributed by atoms with Gasteiger partial charge in [-0.25, -0.2) is 5.14 Å². The van der Waals surface area contributed by atoms with Crippen LogP contribution in [-0.4, -0.2) is 22.9 Å². The molecule has 8 nitrogen and oxygen atoms in total. The standard InChI is InChI=1S/C21H32N2O6S2/c1-12(2)16-11-17-13(10-19(16)28-30(22,24)25)4-5-15-14(17)8-9-21(3)18(15)6-7-20(21)29-31(23,26)27/h10-12,14-15,18,20H,4-9H2,1-3H3,(H2,22,24,25)(H2,23,26,27)/t14-,15+,18-,20-,21-/m0/s1. The highest BCUT2D eigenvalue weighted by Gasteiger charge is 2.56. The van der Waals surface area contributed by atoms with E-state index in [9.17, 15) is 16.8 Å². The predicted molar refractivity (Wildman–Crippen MR) is 117 cm³/mol. The number of hydrogen-bond acceptors (Lipinski definition) is 6. The summed E-state index contributed by atoms with van der Waals surface area (Å²) in [6, 6.07) is 3.95. The molecule has 3 aliphatic rings. The van der Waals surface area contributed by atoms with Crippen molar-refractivity contribution in [1.29, 1.82) is 0 Å². The fourth-order valence-corrected chi connectivity index (χ4v) is 7.57. The van der Waals surface area contributed by atoms with Gasteiger partial charge in [0.1, 0.15) is 5.75 Å². The Morgan fingerprint density at radius 2 is 1.74 bits per heavy atom. The molecular weight excluding hydrogens is 440 g/mol. The van der Waals surface area contributed by atoms with Gasteiger partial charge in [0.15, 0.2) is 0 Å². The van der Waals surface area contributed by atoms with Gasteiger partial charge in [-0.1, -0.05) is 26.8 Å². The van der Waals surface area contributed by atoms with Crippen LogP contribution in [0.2, 0.25) is 0 Å². The quantitative estimate of drug-likeness (QED) is 0.675. The summed E-state index contributed by atoms with van der Waals surface area (Å²) in [7, 11) is -8.08. The Morgan fingerprint density at radius 3 is 2.35 bits per heavy atom. The van der Waals surface area contributed by atoms with Crippen LogP contribution in [0.25, 0.3) is 0 Å². The van der Waals surface area contributed by atoms with Crippen LogP contribution in [0.3, 0.4) is 0 Å². The highest BCUT2D eigenvalue weighted by atomic mass is 32.2. The fourth-order valence-electron chi connectivity index (χ4n) is 6.54. The Morgan fingerprint density at radius 1 is 1.03 bits per heavy atom. The monoisotopic (exact) mass is 472 g/mol. The van der Waals surface area contributed by atoms with Crippen LogP contribution in [0.4, 0.5) is 0 Å². The van der Waals surface area contributed by atoms with Crippen molar-refractivity contribution < 1.29 is 25.2 Å². The molecule has 2 saturated carbocycles. The zero-order valence-corrected chi connectivity index (χ0v) is 19.8. The van der Waals surface area contributed by atoms with E-state index in [1.165, 1.54) is 5.56 Å². The molecule has 0 spiro atoms. The summed E-state index contributed by atoms with van der Waals surface area (Å²) in [5, 5.41) is 10.3. The van der Waals surface area contributed by atoms with Crippen molar-refractivity contribution in [1.82, 2.24) is 0 Å². The van der Waals surface area contributed by atoms with Gasteiger partial charge >= 0.3 is 20.6 Å². The normalized spacial score (nSPS) is 33.0. The molecule has 2 fully saturated rings. The minimum atomic E-state index is -4.10. The molecule has 174 valence electrons. The van der Waals surface area contributed by atoms with E-state index in [-0.39, 0.29) is 17.4 Å². The Hall–Kier alpha value is -1.20. The highest BCUT2D eigenvalue weighted by molar-refractivity contribution is 7.84. The molecule has 4 rings (SSSR count). The van der Waals surface area contributed by atoms with Crippen molar-refractivity contribution in [2.45, 2.75) is 77.2 Å². The molecule has 0 bridgehead atoms. The second-order valence-corrected chi connectivity index (χ2v) is 12.3. The predicted octanol–water partition coefficient (Wildman–Crippen LogP) is 2.84. The van der Waals surface area contributed by atoms with Gasteiger partial charge in [0.2, 0.25) is 0 Å². The van der Waals surface area contributed by atoms with Crippen molar-refractivity contribution >= 4 is 20.6 Å². The number of fused-ring (bicyclic) bond motifs is 5. The van der Waals surface area contributed by atoms with E-state index in [4.69, 9.17) is 18.6 Å². The third-order valence-electron chi connectivity index (χ3n) is 7.85. The molecule has 0 heterocycles. The molecule has 0 aromatic heterocycles. The van der Waals surface area contributed by atoms with Crippen molar-refractivity contribution in [2.75, 3.05) is 0 Å². The lowest BCUT2D eigenvalue weighted by Gasteiger charge is -2.50. The molecule has 0 radical (unpaired) electrons. The van der Waals surface area contributed by atoms with Gasteiger partial charge in [-0.3, -0.25) is 4.18 Å². The van der Waals surface area contributed by atoms with Gasteiger partial charge in [-0.15, -0.1) is 0 Å². The van der Waals surface area contributed by atoms with Gasteiger partial charge < -0.3 is 4.18 Å². The van der Waals surface area contributed by atoms with E-state index < -0.39 is 20.6 Å². The molecule has 1 aromatic rings. The summed E-state index contributed by atoms with van der Waals surface area (Å²) >= 11 is 0. The second-order valence-electron chi connectivity index (χ2n) is 9.93. The number of benzene rings is 1. The highest BCUT2D eigenvalue weighted by Crippen LogP contribution is 2.62. The zero-order chi connectivity index (χ0) is 22.8. The first-order valence-electron chi connectivity index (χ1n) is 10.9. The summed E-state index contributed by atoms with van der Waals surface area (Å²) in [4.78, 5) is 0. The number of rotatable bonds is 5. The minimum Gasteiger partial charge on any atom is -0.371 e. The Balaban J connectivity index is 1.67. The van der Waals surface area contributed by atoms with Crippen LogP contribution in [0.5, 0.6) is 5.75 Å². The van der Waals surface area contributed by atoms with E-state index in [2.05, 4.69) is 13.0 Å². The van der Waals surface area contributed by atoms with E-state index in [1.807, 2.05) is 19.9 Å². The smallest absolute Gasteiger partial charge is 0.371 e. The fraction of sp³-hybridized carbons (Fsp3) is 0.714. The maximum absolute atomic E-state index is 11.6. The Bertz CT molecular complexity index is 1090. The first kappa shape index (κ1) is 23.0. The van der Waals surface area contributed by atoms with Gasteiger partial charge in [-0.2, -0.15) is 22.0 Å². The molecule has 5 atom stereocenters. The maximum Gasteiger partial charge on any atom is 0.380 e. The van der Waals surface area contributed by atoms with E-state index in [1.54, 1.807) is 0 Å². The van der Waals surface area contributed by atoms with Gasteiger partial charge in [-0.05, 0) is 90.4 Å². The first-order chi connectivity index (χ1) is 14.3. The van der Waals surface area contributed by atoms with Crippen molar-refractivity contribution in [3.63, 3.8) is 0 Å². The average molecular weight is 473 g/mol. The third kappa shape index (κ3) is 4.37. The van der Waals surface area contributed by atoms with Crippen LogP contribution in [-0.2, 0) is 31.2 Å². The lowest BCUT2D eigenvalue weighted by atomic mass is 9.55. The summed E-state index contributed by atoms with van der Waals surface area (Å²) in [5.74, 6) is 1.56. The van der Waals surface area contributed by atoms with Gasteiger partial charge in [0.05, 0.1) is 6.10 Å². The molecule has 0 saturated heterocycles. The lowest BCUT2D eigenvalue weighted by Crippen LogP contribution is -2.45. The largest absolute Gasteiger partial charge is 0.380 e.